The second kappa shape index (κ2) is 9.55. The summed E-state index contributed by atoms with van der Waals surface area (Å²) in [5, 5.41) is 13.7. The number of carbonyl (C=O) groups is 2. The van der Waals surface area contributed by atoms with Crippen molar-refractivity contribution in [3.8, 4) is 11.4 Å². The standard InChI is InChI=1S/C28H24N6O4/c1-16-31-24-20-9-5-6-10-22(20)38-25(24)27(32-16)34-15-17(11-21(34)28(36)37)12-23(35)33-19-13-29-26(30-14-19)18-7-3-2-4-8-18/h2-10,13-14,17,21H,11-12,15H2,1H3,(H,33,35)(H,36,37)/t17-,21+/m1/s1. The highest BCUT2D eigenvalue weighted by atomic mass is 16.4. The fourth-order valence-electron chi connectivity index (χ4n) is 5.02. The van der Waals surface area contributed by atoms with E-state index in [4.69, 9.17) is 4.42 Å². The summed E-state index contributed by atoms with van der Waals surface area (Å²) in [4.78, 5) is 44.6. The monoisotopic (exact) mass is 508 g/mol. The summed E-state index contributed by atoms with van der Waals surface area (Å²) < 4.78 is 6.06. The van der Waals surface area contributed by atoms with Crippen LogP contribution in [0, 0.1) is 12.8 Å². The predicted octanol–water partition coefficient (Wildman–Crippen LogP) is 4.45. The maximum absolute atomic E-state index is 12.9. The van der Waals surface area contributed by atoms with Crippen LogP contribution in [0.5, 0.6) is 0 Å². The first-order valence-electron chi connectivity index (χ1n) is 12.3. The minimum Gasteiger partial charge on any atom is -0.480 e. The molecule has 5 aromatic rings. The van der Waals surface area contributed by atoms with Crippen LogP contribution in [0.15, 0.2) is 71.4 Å². The zero-order valence-electron chi connectivity index (χ0n) is 20.5. The van der Waals surface area contributed by atoms with Crippen LogP contribution in [-0.2, 0) is 9.59 Å². The topological polar surface area (TPSA) is 134 Å². The molecule has 0 saturated carbocycles. The third kappa shape index (κ3) is 4.40. The number of carbonyl (C=O) groups excluding carboxylic acids is 1. The molecule has 0 bridgehead atoms. The van der Waals surface area contributed by atoms with Crippen LogP contribution < -0.4 is 10.2 Å². The Hall–Kier alpha value is -4.86. The maximum Gasteiger partial charge on any atom is 0.326 e. The average Bonchev–Trinajstić information content (AvgIpc) is 3.51. The lowest BCUT2D eigenvalue weighted by Crippen LogP contribution is -2.36. The molecule has 0 spiro atoms. The molecule has 0 unspecified atom stereocenters. The second-order valence-corrected chi connectivity index (χ2v) is 9.39. The van der Waals surface area contributed by atoms with E-state index in [1.807, 2.05) is 54.6 Å². The molecule has 4 heterocycles. The van der Waals surface area contributed by atoms with Crippen LogP contribution in [0.25, 0.3) is 33.5 Å². The van der Waals surface area contributed by atoms with E-state index < -0.39 is 12.0 Å². The van der Waals surface area contributed by atoms with Gasteiger partial charge in [-0.2, -0.15) is 0 Å². The lowest BCUT2D eigenvalue weighted by atomic mass is 10.0. The van der Waals surface area contributed by atoms with E-state index in [-0.39, 0.29) is 18.2 Å². The number of anilines is 2. The number of amides is 1. The third-order valence-corrected chi connectivity index (χ3v) is 6.70. The predicted molar refractivity (Wildman–Crippen MR) is 142 cm³/mol. The molecule has 1 aliphatic heterocycles. The van der Waals surface area contributed by atoms with Crippen molar-refractivity contribution < 1.29 is 19.1 Å². The van der Waals surface area contributed by atoms with Gasteiger partial charge < -0.3 is 19.7 Å². The summed E-state index contributed by atoms with van der Waals surface area (Å²) in [5.41, 5.74) is 3.12. The zero-order chi connectivity index (χ0) is 26.2. The van der Waals surface area contributed by atoms with Crippen molar-refractivity contribution in [3.63, 3.8) is 0 Å². The molecule has 2 N–H and O–H groups in total. The number of furan rings is 1. The van der Waals surface area contributed by atoms with Crippen molar-refractivity contribution >= 4 is 45.5 Å². The first-order valence-corrected chi connectivity index (χ1v) is 12.3. The Labute approximate surface area is 217 Å². The number of benzene rings is 2. The van der Waals surface area contributed by atoms with Gasteiger partial charge in [-0.1, -0.05) is 42.5 Å². The second-order valence-electron chi connectivity index (χ2n) is 9.39. The van der Waals surface area contributed by atoms with Crippen molar-refractivity contribution in [3.05, 3.63) is 72.8 Å². The van der Waals surface area contributed by atoms with Gasteiger partial charge in [0.05, 0.1) is 18.1 Å². The highest BCUT2D eigenvalue weighted by Crippen LogP contribution is 2.37. The highest BCUT2D eigenvalue weighted by Gasteiger charge is 2.40. The number of aliphatic carboxylic acids is 1. The van der Waals surface area contributed by atoms with Crippen molar-refractivity contribution in [2.24, 2.45) is 5.92 Å². The summed E-state index contributed by atoms with van der Waals surface area (Å²) in [7, 11) is 0. The Morgan fingerprint density at radius 2 is 1.79 bits per heavy atom. The molecule has 1 fully saturated rings. The van der Waals surface area contributed by atoms with Gasteiger partial charge in [0.2, 0.25) is 5.91 Å². The summed E-state index contributed by atoms with van der Waals surface area (Å²) >= 11 is 0. The van der Waals surface area contributed by atoms with E-state index in [0.717, 1.165) is 10.9 Å². The highest BCUT2D eigenvalue weighted by molar-refractivity contribution is 6.06. The number of hydrogen-bond donors (Lipinski definition) is 2. The number of fused-ring (bicyclic) bond motifs is 3. The van der Waals surface area contributed by atoms with Crippen LogP contribution in [-0.4, -0.2) is 49.5 Å². The van der Waals surface area contributed by atoms with Gasteiger partial charge in [0.15, 0.2) is 17.2 Å². The Bertz CT molecular complexity index is 1650. The van der Waals surface area contributed by atoms with E-state index in [0.29, 0.717) is 52.8 Å². The van der Waals surface area contributed by atoms with E-state index in [1.54, 1.807) is 24.2 Å². The fourth-order valence-corrected chi connectivity index (χ4v) is 5.02. The van der Waals surface area contributed by atoms with E-state index >= 15 is 0 Å². The van der Waals surface area contributed by atoms with E-state index in [2.05, 4.69) is 25.3 Å². The minimum absolute atomic E-state index is 0.147. The molecule has 10 heteroatoms. The van der Waals surface area contributed by atoms with Gasteiger partial charge in [0.25, 0.3) is 0 Å². The number of rotatable bonds is 6. The van der Waals surface area contributed by atoms with Gasteiger partial charge in [0.1, 0.15) is 23.0 Å². The lowest BCUT2D eigenvalue weighted by Gasteiger charge is -2.22. The first-order chi connectivity index (χ1) is 18.5. The van der Waals surface area contributed by atoms with Gasteiger partial charge in [0, 0.05) is 23.9 Å². The molecule has 1 aliphatic rings. The number of hydrogen-bond acceptors (Lipinski definition) is 8. The van der Waals surface area contributed by atoms with Gasteiger partial charge >= 0.3 is 5.97 Å². The van der Waals surface area contributed by atoms with Gasteiger partial charge in [-0.3, -0.25) is 4.79 Å². The van der Waals surface area contributed by atoms with Gasteiger partial charge in [-0.05, 0) is 31.4 Å². The SMILES string of the molecule is Cc1nc(N2C[C@@H](CC(=O)Nc3cnc(-c4ccccc4)nc3)C[C@H]2C(=O)O)c2oc3ccccc3c2n1. The Balaban J connectivity index is 1.21. The molecule has 190 valence electrons. The van der Waals surface area contributed by atoms with Crippen molar-refractivity contribution in [1.82, 2.24) is 19.9 Å². The molecule has 2 aromatic carbocycles. The summed E-state index contributed by atoms with van der Waals surface area (Å²) in [6.45, 7) is 2.11. The molecule has 0 radical (unpaired) electrons. The molecular formula is C28H24N6O4. The van der Waals surface area contributed by atoms with Crippen molar-refractivity contribution in [1.29, 1.82) is 0 Å². The van der Waals surface area contributed by atoms with Crippen LogP contribution in [0.1, 0.15) is 18.7 Å². The molecule has 1 amide bonds. The first kappa shape index (κ1) is 23.5. The molecule has 2 atom stereocenters. The normalized spacial score (nSPS) is 17.2. The lowest BCUT2D eigenvalue weighted by molar-refractivity contribution is -0.138. The number of aromatic nitrogens is 4. The average molecular weight is 509 g/mol. The van der Waals surface area contributed by atoms with Gasteiger partial charge in [-0.15, -0.1) is 0 Å². The van der Waals surface area contributed by atoms with Crippen LogP contribution >= 0.6 is 0 Å². The van der Waals surface area contributed by atoms with Crippen LogP contribution in [0.3, 0.4) is 0 Å². The van der Waals surface area contributed by atoms with E-state index in [9.17, 15) is 14.7 Å². The molecule has 1 saturated heterocycles. The molecule has 6 rings (SSSR count). The Morgan fingerprint density at radius 3 is 2.55 bits per heavy atom. The third-order valence-electron chi connectivity index (χ3n) is 6.70. The molecule has 0 aliphatic carbocycles. The van der Waals surface area contributed by atoms with E-state index in [1.165, 1.54) is 0 Å². The largest absolute Gasteiger partial charge is 0.480 e. The molecule has 3 aromatic heterocycles. The number of para-hydroxylation sites is 1. The summed E-state index contributed by atoms with van der Waals surface area (Å²) in [6.07, 6.45) is 3.58. The maximum atomic E-state index is 12.9. The molecule has 10 nitrogen and oxygen atoms in total. The van der Waals surface area contributed by atoms with Crippen LogP contribution in [0.2, 0.25) is 0 Å². The Kier molecular flexibility index (Phi) is 5.91. The smallest absolute Gasteiger partial charge is 0.326 e. The number of nitrogens with zero attached hydrogens (tertiary/aromatic N) is 5. The molecular weight excluding hydrogens is 484 g/mol. The fraction of sp³-hybridized carbons (Fsp3) is 0.214. The number of carboxylic acid groups (broad SMARTS) is 1. The minimum atomic E-state index is -0.974. The van der Waals surface area contributed by atoms with Gasteiger partial charge in [-0.25, -0.2) is 24.7 Å². The number of aryl methyl sites for hydroxylation is 1. The van der Waals surface area contributed by atoms with Crippen molar-refractivity contribution in [2.75, 3.05) is 16.8 Å². The Morgan fingerprint density at radius 1 is 1.05 bits per heavy atom. The molecule has 38 heavy (non-hydrogen) atoms. The van der Waals surface area contributed by atoms with Crippen LogP contribution in [0.4, 0.5) is 11.5 Å². The zero-order valence-corrected chi connectivity index (χ0v) is 20.5. The quantitative estimate of drug-likeness (QED) is 0.341. The number of carboxylic acids is 1. The van der Waals surface area contributed by atoms with Crippen molar-refractivity contribution in [2.45, 2.75) is 25.8 Å². The summed E-state index contributed by atoms with van der Waals surface area (Å²) in [6, 6.07) is 16.3. The summed E-state index contributed by atoms with van der Waals surface area (Å²) in [5.74, 6) is 0.113. The number of nitrogens with one attached hydrogen (secondary N) is 1.